The van der Waals surface area contributed by atoms with Crippen LogP contribution in [0.15, 0.2) is 48.5 Å². The largest absolute Gasteiger partial charge is 0.207 e. The number of halogens is 1. The van der Waals surface area contributed by atoms with Crippen molar-refractivity contribution in [1.29, 1.82) is 0 Å². The molecule has 2 aromatic rings. The highest BCUT2D eigenvalue weighted by atomic mass is 19.1. The molecule has 0 heterocycles. The van der Waals surface area contributed by atoms with E-state index < -0.39 is 0 Å². The molecule has 0 atom stereocenters. The van der Waals surface area contributed by atoms with Crippen LogP contribution in [0.4, 0.5) is 4.39 Å². The summed E-state index contributed by atoms with van der Waals surface area (Å²) in [5.41, 5.74) is 2.90. The van der Waals surface area contributed by atoms with Crippen LogP contribution in [0.25, 0.3) is 0 Å². The molecule has 0 nitrogen and oxygen atoms in total. The Morgan fingerprint density at radius 2 is 1.17 bits per heavy atom. The van der Waals surface area contributed by atoms with Gasteiger partial charge in [-0.1, -0.05) is 29.5 Å². The van der Waals surface area contributed by atoms with Crippen molar-refractivity contribution in [1.82, 2.24) is 0 Å². The lowest BCUT2D eigenvalue weighted by Gasteiger charge is -1.90. The Balaban J connectivity index is 2.09. The van der Waals surface area contributed by atoms with E-state index in [9.17, 15) is 4.39 Å². The third-order valence-electron chi connectivity index (χ3n) is 2.37. The Kier molecular flexibility index (Phi) is 3.79. The maximum absolute atomic E-state index is 12.7. The Bertz CT molecular complexity index is 580. The highest BCUT2D eigenvalue weighted by molar-refractivity contribution is 5.44. The van der Waals surface area contributed by atoms with Crippen LogP contribution >= 0.6 is 0 Å². The van der Waals surface area contributed by atoms with E-state index in [1.807, 2.05) is 31.2 Å². The Hall–Kier alpha value is -2.51. The van der Waals surface area contributed by atoms with Gasteiger partial charge in [0.1, 0.15) is 5.82 Å². The molecule has 0 aliphatic carbocycles. The molecule has 0 N–H and O–H groups in total. The number of aryl methyl sites for hydroxylation is 1. The SMILES string of the molecule is Cc1ccc(C#CC#Cc2ccc(F)cc2)cc1. The topological polar surface area (TPSA) is 0 Å². The fourth-order valence-electron chi connectivity index (χ4n) is 1.38. The molecule has 0 amide bonds. The molecule has 0 aromatic heterocycles. The van der Waals surface area contributed by atoms with Crippen LogP contribution in [0.3, 0.4) is 0 Å². The van der Waals surface area contributed by atoms with Gasteiger partial charge in [-0.2, -0.15) is 0 Å². The van der Waals surface area contributed by atoms with Crippen molar-refractivity contribution in [3.63, 3.8) is 0 Å². The monoisotopic (exact) mass is 234 g/mol. The molecule has 0 aliphatic rings. The molecule has 0 radical (unpaired) electrons. The van der Waals surface area contributed by atoms with Gasteiger partial charge in [0, 0.05) is 11.1 Å². The van der Waals surface area contributed by atoms with Gasteiger partial charge in [0.15, 0.2) is 0 Å². The molecule has 0 fully saturated rings. The second-order valence-electron chi connectivity index (χ2n) is 3.87. The standard InChI is InChI=1S/C17H11F/c1-14-6-8-15(9-7-14)4-2-3-5-16-10-12-17(18)13-11-16/h6-13H,1H3. The van der Waals surface area contributed by atoms with E-state index in [1.54, 1.807) is 12.1 Å². The molecule has 0 saturated carbocycles. The predicted molar refractivity (Wildman–Crippen MR) is 71.3 cm³/mol. The third-order valence-corrected chi connectivity index (χ3v) is 2.37. The lowest BCUT2D eigenvalue weighted by molar-refractivity contribution is 0.627. The van der Waals surface area contributed by atoms with Gasteiger partial charge in [0.25, 0.3) is 0 Å². The van der Waals surface area contributed by atoms with Crippen LogP contribution in [-0.2, 0) is 0 Å². The number of rotatable bonds is 0. The van der Waals surface area contributed by atoms with E-state index in [0.717, 1.165) is 11.1 Å². The fourth-order valence-corrected chi connectivity index (χ4v) is 1.38. The number of hydrogen-bond donors (Lipinski definition) is 0. The molecule has 0 aliphatic heterocycles. The summed E-state index contributed by atoms with van der Waals surface area (Å²) >= 11 is 0. The van der Waals surface area contributed by atoms with E-state index >= 15 is 0 Å². The zero-order chi connectivity index (χ0) is 12.8. The summed E-state index contributed by atoms with van der Waals surface area (Å²) in [6.45, 7) is 2.03. The van der Waals surface area contributed by atoms with E-state index in [0.29, 0.717) is 0 Å². The molecule has 86 valence electrons. The lowest BCUT2D eigenvalue weighted by atomic mass is 10.1. The van der Waals surface area contributed by atoms with Crippen molar-refractivity contribution in [3.8, 4) is 23.7 Å². The van der Waals surface area contributed by atoms with E-state index in [1.165, 1.54) is 17.7 Å². The first-order valence-electron chi connectivity index (χ1n) is 5.58. The molecule has 18 heavy (non-hydrogen) atoms. The quantitative estimate of drug-likeness (QED) is 0.612. The average molecular weight is 234 g/mol. The Morgan fingerprint density at radius 1 is 0.722 bits per heavy atom. The Labute approximate surface area is 106 Å². The highest BCUT2D eigenvalue weighted by Gasteiger charge is 1.87. The molecule has 2 aromatic carbocycles. The highest BCUT2D eigenvalue weighted by Crippen LogP contribution is 2.01. The molecule has 0 bridgehead atoms. The maximum atomic E-state index is 12.7. The summed E-state index contributed by atoms with van der Waals surface area (Å²) in [4.78, 5) is 0. The van der Waals surface area contributed by atoms with E-state index in [4.69, 9.17) is 0 Å². The number of hydrogen-bond acceptors (Lipinski definition) is 0. The molecule has 0 saturated heterocycles. The molecular formula is C17H11F. The minimum absolute atomic E-state index is 0.258. The van der Waals surface area contributed by atoms with Gasteiger partial charge in [-0.3, -0.25) is 0 Å². The third kappa shape index (κ3) is 3.51. The van der Waals surface area contributed by atoms with Crippen LogP contribution in [0.5, 0.6) is 0 Å². The first-order chi connectivity index (χ1) is 8.74. The van der Waals surface area contributed by atoms with Crippen LogP contribution in [0.1, 0.15) is 16.7 Å². The van der Waals surface area contributed by atoms with Gasteiger partial charge in [0.2, 0.25) is 0 Å². The van der Waals surface area contributed by atoms with Crippen molar-refractivity contribution < 1.29 is 4.39 Å². The summed E-state index contributed by atoms with van der Waals surface area (Å²) in [5.74, 6) is 11.1. The molecular weight excluding hydrogens is 223 g/mol. The summed E-state index contributed by atoms with van der Waals surface area (Å²) in [5, 5.41) is 0. The van der Waals surface area contributed by atoms with E-state index in [-0.39, 0.29) is 5.82 Å². The zero-order valence-electron chi connectivity index (χ0n) is 10.00. The van der Waals surface area contributed by atoms with Gasteiger partial charge in [-0.15, -0.1) is 0 Å². The number of benzene rings is 2. The molecule has 1 heteroatoms. The van der Waals surface area contributed by atoms with Gasteiger partial charge in [0.05, 0.1) is 0 Å². The predicted octanol–water partition coefficient (Wildman–Crippen LogP) is 3.54. The minimum atomic E-state index is -0.258. The Morgan fingerprint density at radius 3 is 1.67 bits per heavy atom. The second kappa shape index (κ2) is 5.71. The van der Waals surface area contributed by atoms with Crippen LogP contribution < -0.4 is 0 Å². The summed E-state index contributed by atoms with van der Waals surface area (Å²) in [6.07, 6.45) is 0. The van der Waals surface area contributed by atoms with Gasteiger partial charge in [-0.25, -0.2) is 4.39 Å². The van der Waals surface area contributed by atoms with Gasteiger partial charge >= 0.3 is 0 Å². The van der Waals surface area contributed by atoms with Crippen molar-refractivity contribution in [2.24, 2.45) is 0 Å². The van der Waals surface area contributed by atoms with Gasteiger partial charge < -0.3 is 0 Å². The second-order valence-corrected chi connectivity index (χ2v) is 3.87. The minimum Gasteiger partial charge on any atom is -0.207 e. The molecule has 0 unspecified atom stereocenters. The van der Waals surface area contributed by atoms with Crippen molar-refractivity contribution in [2.75, 3.05) is 0 Å². The summed E-state index contributed by atoms with van der Waals surface area (Å²) in [6, 6.07) is 14.0. The van der Waals surface area contributed by atoms with Crippen molar-refractivity contribution >= 4 is 0 Å². The maximum Gasteiger partial charge on any atom is 0.123 e. The van der Waals surface area contributed by atoms with Crippen LogP contribution in [0.2, 0.25) is 0 Å². The molecule has 2 rings (SSSR count). The first kappa shape index (κ1) is 12.0. The van der Waals surface area contributed by atoms with Crippen LogP contribution in [-0.4, -0.2) is 0 Å². The normalized spacial score (nSPS) is 8.78. The van der Waals surface area contributed by atoms with Crippen LogP contribution in [0, 0.1) is 36.4 Å². The lowest BCUT2D eigenvalue weighted by Crippen LogP contribution is -1.76. The van der Waals surface area contributed by atoms with Crippen molar-refractivity contribution in [3.05, 3.63) is 71.0 Å². The smallest absolute Gasteiger partial charge is 0.123 e. The fraction of sp³-hybridized carbons (Fsp3) is 0.0588. The summed E-state index contributed by atoms with van der Waals surface area (Å²) in [7, 11) is 0. The molecule has 0 spiro atoms. The zero-order valence-corrected chi connectivity index (χ0v) is 10.00. The first-order valence-corrected chi connectivity index (χ1v) is 5.58. The summed E-state index contributed by atoms with van der Waals surface area (Å²) < 4.78 is 12.7. The average Bonchev–Trinajstić information content (AvgIpc) is 2.39. The van der Waals surface area contributed by atoms with Gasteiger partial charge in [-0.05, 0) is 55.2 Å². The van der Waals surface area contributed by atoms with E-state index in [2.05, 4.69) is 23.7 Å². The van der Waals surface area contributed by atoms with Crippen molar-refractivity contribution in [2.45, 2.75) is 6.92 Å².